The molecule has 2 heterocycles. The topological polar surface area (TPSA) is 55.7 Å². The van der Waals surface area contributed by atoms with Crippen molar-refractivity contribution in [1.29, 1.82) is 0 Å². The number of nitrogens with one attached hydrogen (secondary N) is 1. The summed E-state index contributed by atoms with van der Waals surface area (Å²) in [6.07, 6.45) is 4.44. The Kier molecular flexibility index (Phi) is 4.22. The number of pyridine rings is 1. The van der Waals surface area contributed by atoms with Crippen LogP contribution in [0.5, 0.6) is 0 Å². The summed E-state index contributed by atoms with van der Waals surface area (Å²) in [5.74, 6) is 0.803. The largest absolute Gasteiger partial charge is 0.383 e. The Morgan fingerprint density at radius 1 is 1.56 bits per heavy atom. The Morgan fingerprint density at radius 3 is 3.00 bits per heavy atom. The summed E-state index contributed by atoms with van der Waals surface area (Å²) in [7, 11) is 1.69. The monoisotopic (exact) mass is 264 g/mol. The second kappa shape index (κ2) is 5.88. The Morgan fingerprint density at radius 2 is 2.39 bits per heavy atom. The Labute approximate surface area is 111 Å². The molecule has 2 aromatic heterocycles. The van der Waals surface area contributed by atoms with E-state index >= 15 is 0 Å². The van der Waals surface area contributed by atoms with Crippen molar-refractivity contribution in [2.45, 2.75) is 19.4 Å². The zero-order chi connectivity index (χ0) is 13.0. The molecule has 96 valence electrons. The van der Waals surface area contributed by atoms with Crippen LogP contribution in [-0.4, -0.2) is 33.5 Å². The Hall–Kier alpha value is -1.53. The molecule has 2 rings (SSSR count). The number of hydrogen-bond donors (Lipinski definition) is 1. The quantitative estimate of drug-likeness (QED) is 0.843. The summed E-state index contributed by atoms with van der Waals surface area (Å²) < 4.78 is 7.85. The molecule has 1 unspecified atom stereocenters. The number of rotatable bonds is 5. The molecule has 0 aromatic carbocycles. The molecule has 0 aliphatic rings. The number of aromatic nitrogens is 4. The molecule has 18 heavy (non-hydrogen) atoms. The van der Waals surface area contributed by atoms with Gasteiger partial charge in [0, 0.05) is 25.1 Å². The molecule has 5 nitrogen and oxygen atoms in total. The normalized spacial score (nSPS) is 12.6. The molecule has 1 atom stereocenters. The van der Waals surface area contributed by atoms with Crippen molar-refractivity contribution < 1.29 is 4.74 Å². The van der Waals surface area contributed by atoms with Gasteiger partial charge in [-0.3, -0.25) is 14.6 Å². The van der Waals surface area contributed by atoms with Gasteiger partial charge < -0.3 is 4.74 Å². The molecule has 0 aliphatic heterocycles. The lowest BCUT2D eigenvalue weighted by Crippen LogP contribution is -2.15. The first-order valence-corrected chi connectivity index (χ1v) is 6.25. The van der Waals surface area contributed by atoms with Gasteiger partial charge in [-0.2, -0.15) is 5.10 Å². The van der Waals surface area contributed by atoms with Crippen molar-refractivity contribution in [3.63, 3.8) is 0 Å². The summed E-state index contributed by atoms with van der Waals surface area (Å²) in [4.78, 5) is 4.11. The lowest BCUT2D eigenvalue weighted by Gasteiger charge is -2.17. The van der Waals surface area contributed by atoms with Gasteiger partial charge in [0.1, 0.15) is 0 Å². The molecular weight excluding hydrogens is 248 g/mol. The predicted octanol–water partition coefficient (Wildman–Crippen LogP) is 2.60. The highest BCUT2D eigenvalue weighted by Crippen LogP contribution is 2.22. The van der Waals surface area contributed by atoms with E-state index in [1.807, 2.05) is 16.7 Å². The van der Waals surface area contributed by atoms with E-state index < -0.39 is 0 Å². The van der Waals surface area contributed by atoms with E-state index in [0.29, 0.717) is 11.4 Å². The maximum atomic E-state index is 5.30. The fraction of sp³-hybridized carbons (Fsp3) is 0.417. The number of H-pyrrole nitrogens is 1. The van der Waals surface area contributed by atoms with Crippen LogP contribution in [-0.2, 0) is 4.74 Å². The van der Waals surface area contributed by atoms with E-state index in [-0.39, 0.29) is 6.04 Å². The summed E-state index contributed by atoms with van der Waals surface area (Å²) in [6.45, 7) is 2.71. The second-order valence-electron chi connectivity index (χ2n) is 3.98. The predicted molar refractivity (Wildman–Crippen MR) is 71.8 cm³/mol. The fourth-order valence-electron chi connectivity index (χ4n) is 1.91. The third-order valence-electron chi connectivity index (χ3n) is 2.82. The van der Waals surface area contributed by atoms with Crippen LogP contribution in [0.2, 0.25) is 0 Å². The average Bonchev–Trinajstić information content (AvgIpc) is 2.79. The van der Waals surface area contributed by atoms with Crippen LogP contribution in [0, 0.1) is 4.77 Å². The Bertz CT molecular complexity index is 549. The molecule has 0 saturated carbocycles. The molecule has 0 radical (unpaired) electrons. The number of ether oxygens (including phenoxy) is 1. The SMILES string of the molecule is CCC(COC)n1c(-c2cccnc2)n[nH]c1=S. The molecule has 0 fully saturated rings. The summed E-state index contributed by atoms with van der Waals surface area (Å²) in [5, 5.41) is 7.13. The van der Waals surface area contributed by atoms with E-state index in [1.54, 1.807) is 19.5 Å². The number of methoxy groups -OCH3 is 1. The highest BCUT2D eigenvalue weighted by atomic mass is 32.1. The highest BCUT2D eigenvalue weighted by Gasteiger charge is 2.16. The first kappa shape index (κ1) is 12.9. The van der Waals surface area contributed by atoms with Crippen molar-refractivity contribution in [2.24, 2.45) is 0 Å². The van der Waals surface area contributed by atoms with Crippen molar-refractivity contribution in [1.82, 2.24) is 19.7 Å². The fourth-order valence-corrected chi connectivity index (χ4v) is 2.19. The molecular formula is C12H16N4OS. The number of nitrogens with zero attached hydrogens (tertiary/aromatic N) is 3. The minimum atomic E-state index is 0.177. The van der Waals surface area contributed by atoms with Gasteiger partial charge in [-0.15, -0.1) is 0 Å². The van der Waals surface area contributed by atoms with Crippen molar-refractivity contribution in [3.05, 3.63) is 29.3 Å². The van der Waals surface area contributed by atoms with Crippen LogP contribution in [0.3, 0.4) is 0 Å². The van der Waals surface area contributed by atoms with Gasteiger partial charge in [0.25, 0.3) is 0 Å². The van der Waals surface area contributed by atoms with Gasteiger partial charge in [-0.25, -0.2) is 0 Å². The average molecular weight is 264 g/mol. The number of hydrogen-bond acceptors (Lipinski definition) is 4. The first-order chi connectivity index (χ1) is 8.77. The maximum Gasteiger partial charge on any atom is 0.195 e. The molecule has 6 heteroatoms. The van der Waals surface area contributed by atoms with E-state index in [9.17, 15) is 0 Å². The van der Waals surface area contributed by atoms with Crippen LogP contribution in [0.25, 0.3) is 11.4 Å². The smallest absolute Gasteiger partial charge is 0.195 e. The zero-order valence-corrected chi connectivity index (χ0v) is 11.3. The van der Waals surface area contributed by atoms with E-state index in [2.05, 4.69) is 22.1 Å². The lowest BCUT2D eigenvalue weighted by atomic mass is 10.2. The van der Waals surface area contributed by atoms with Crippen LogP contribution in [0.15, 0.2) is 24.5 Å². The minimum absolute atomic E-state index is 0.177. The molecule has 1 N–H and O–H groups in total. The zero-order valence-electron chi connectivity index (χ0n) is 10.5. The van der Waals surface area contributed by atoms with Gasteiger partial charge in [0.05, 0.1) is 12.6 Å². The molecule has 2 aromatic rings. The first-order valence-electron chi connectivity index (χ1n) is 5.84. The van der Waals surface area contributed by atoms with Gasteiger partial charge in [-0.1, -0.05) is 6.92 Å². The van der Waals surface area contributed by atoms with E-state index in [4.69, 9.17) is 17.0 Å². The van der Waals surface area contributed by atoms with Crippen LogP contribution in [0.1, 0.15) is 19.4 Å². The summed E-state index contributed by atoms with van der Waals surface area (Å²) in [6, 6.07) is 4.03. The van der Waals surface area contributed by atoms with Gasteiger partial charge >= 0.3 is 0 Å². The minimum Gasteiger partial charge on any atom is -0.383 e. The van der Waals surface area contributed by atoms with Gasteiger partial charge in [0.2, 0.25) is 0 Å². The standard InChI is InChI=1S/C12H16N4OS/c1-3-10(8-17-2)16-11(14-15-12(16)18)9-5-4-6-13-7-9/h4-7,10H,3,8H2,1-2H3,(H,15,18). The summed E-state index contributed by atoms with van der Waals surface area (Å²) >= 11 is 5.30. The second-order valence-corrected chi connectivity index (χ2v) is 4.37. The van der Waals surface area contributed by atoms with Gasteiger partial charge in [0.15, 0.2) is 10.6 Å². The lowest BCUT2D eigenvalue weighted by molar-refractivity contribution is 0.153. The van der Waals surface area contributed by atoms with Crippen LogP contribution >= 0.6 is 12.2 Å². The third kappa shape index (κ3) is 2.49. The highest BCUT2D eigenvalue weighted by molar-refractivity contribution is 7.71. The number of aromatic amines is 1. The maximum absolute atomic E-state index is 5.30. The van der Waals surface area contributed by atoms with E-state index in [0.717, 1.165) is 17.8 Å². The molecule has 0 spiro atoms. The molecule has 0 amide bonds. The van der Waals surface area contributed by atoms with Crippen LogP contribution in [0.4, 0.5) is 0 Å². The van der Waals surface area contributed by atoms with Gasteiger partial charge in [-0.05, 0) is 30.8 Å². The Balaban J connectivity index is 2.47. The van der Waals surface area contributed by atoms with Crippen LogP contribution < -0.4 is 0 Å². The molecule has 0 bridgehead atoms. The van der Waals surface area contributed by atoms with Crippen molar-refractivity contribution >= 4 is 12.2 Å². The van der Waals surface area contributed by atoms with Crippen molar-refractivity contribution in [2.75, 3.05) is 13.7 Å². The van der Waals surface area contributed by atoms with E-state index in [1.165, 1.54) is 0 Å². The summed E-state index contributed by atoms with van der Waals surface area (Å²) in [5.41, 5.74) is 0.944. The van der Waals surface area contributed by atoms with Crippen molar-refractivity contribution in [3.8, 4) is 11.4 Å². The third-order valence-corrected chi connectivity index (χ3v) is 3.11. The molecule has 0 aliphatic carbocycles. The molecule has 0 saturated heterocycles.